The van der Waals surface area contributed by atoms with Crippen LogP contribution >= 0.6 is 0 Å². The number of hydrogen-bond acceptors (Lipinski definition) is 5. The zero-order valence-electron chi connectivity index (χ0n) is 17.5. The van der Waals surface area contributed by atoms with Gasteiger partial charge in [-0.05, 0) is 63.2 Å². The van der Waals surface area contributed by atoms with Crippen molar-refractivity contribution in [2.45, 2.75) is 26.9 Å². The third-order valence-electron chi connectivity index (χ3n) is 4.68. The number of carbonyl (C=O) groups excluding carboxylic acids is 2. The molecule has 0 unspecified atom stereocenters. The van der Waals surface area contributed by atoms with Gasteiger partial charge in [0.1, 0.15) is 0 Å². The molecule has 1 atom stereocenters. The molecule has 156 valence electrons. The van der Waals surface area contributed by atoms with E-state index < -0.39 is 18.0 Å². The summed E-state index contributed by atoms with van der Waals surface area (Å²) in [5.41, 5.74) is 4.41. The number of nitrogens with one attached hydrogen (secondary N) is 1. The van der Waals surface area contributed by atoms with Crippen molar-refractivity contribution in [3.05, 3.63) is 83.2 Å². The highest BCUT2D eigenvalue weighted by Gasteiger charge is 2.17. The highest BCUT2D eigenvalue weighted by molar-refractivity contribution is 5.96. The maximum atomic E-state index is 12.3. The molecule has 3 rings (SSSR count). The van der Waals surface area contributed by atoms with Crippen molar-refractivity contribution in [1.82, 2.24) is 9.78 Å². The van der Waals surface area contributed by atoms with Crippen LogP contribution in [0, 0.1) is 25.2 Å². The molecule has 0 saturated heterocycles. The molecule has 7 heteroatoms. The summed E-state index contributed by atoms with van der Waals surface area (Å²) in [5, 5.41) is 16.0. The molecule has 1 heterocycles. The fourth-order valence-electron chi connectivity index (χ4n) is 3.01. The number of carbonyl (C=O) groups is 2. The molecule has 0 radical (unpaired) electrons. The molecule has 0 fully saturated rings. The van der Waals surface area contributed by atoms with E-state index in [-0.39, 0.29) is 0 Å². The van der Waals surface area contributed by atoms with E-state index in [1.165, 1.54) is 13.0 Å². The minimum absolute atomic E-state index is 0.462. The Balaban J connectivity index is 1.63. The highest BCUT2D eigenvalue weighted by Crippen LogP contribution is 2.19. The average Bonchev–Trinajstić information content (AvgIpc) is 3.06. The average molecular weight is 414 g/mol. The van der Waals surface area contributed by atoms with Crippen molar-refractivity contribution in [2.75, 3.05) is 5.32 Å². The van der Waals surface area contributed by atoms with Crippen LogP contribution in [0.4, 0.5) is 5.69 Å². The maximum absolute atomic E-state index is 12.3. The van der Waals surface area contributed by atoms with Gasteiger partial charge in [-0.3, -0.25) is 4.79 Å². The van der Waals surface area contributed by atoms with Crippen LogP contribution < -0.4 is 5.32 Å². The van der Waals surface area contributed by atoms with Crippen molar-refractivity contribution in [3.63, 3.8) is 0 Å². The molecular formula is C24H22N4O3. The molecule has 31 heavy (non-hydrogen) atoms. The molecule has 0 aliphatic carbocycles. The van der Waals surface area contributed by atoms with Gasteiger partial charge in [-0.15, -0.1) is 0 Å². The van der Waals surface area contributed by atoms with E-state index in [1.54, 1.807) is 30.3 Å². The van der Waals surface area contributed by atoms with Gasteiger partial charge in [-0.1, -0.05) is 18.2 Å². The molecule has 1 amide bonds. The lowest BCUT2D eigenvalue weighted by molar-refractivity contribution is -0.148. The smallest absolute Gasteiger partial charge is 0.331 e. The number of esters is 1. The zero-order chi connectivity index (χ0) is 22.4. The number of anilines is 1. The lowest BCUT2D eigenvalue weighted by atomic mass is 10.2. The third kappa shape index (κ3) is 5.25. The predicted octanol–water partition coefficient (Wildman–Crippen LogP) is 3.94. The molecule has 0 aliphatic heterocycles. The van der Waals surface area contributed by atoms with Crippen LogP contribution in [0.2, 0.25) is 0 Å². The largest absolute Gasteiger partial charge is 0.449 e. The van der Waals surface area contributed by atoms with Crippen LogP contribution in [-0.4, -0.2) is 27.8 Å². The summed E-state index contributed by atoms with van der Waals surface area (Å²) in [5.74, 6) is -1.09. The van der Waals surface area contributed by atoms with Gasteiger partial charge < -0.3 is 10.1 Å². The van der Waals surface area contributed by atoms with Gasteiger partial charge >= 0.3 is 5.97 Å². The number of benzene rings is 2. The second kappa shape index (κ2) is 9.55. The van der Waals surface area contributed by atoms with Crippen molar-refractivity contribution in [1.29, 1.82) is 5.26 Å². The monoisotopic (exact) mass is 414 g/mol. The summed E-state index contributed by atoms with van der Waals surface area (Å²) in [6, 6.07) is 18.1. The molecule has 0 aliphatic rings. The topological polar surface area (TPSA) is 97.0 Å². The quantitative estimate of drug-likeness (QED) is 0.487. The molecule has 3 aromatic rings. The van der Waals surface area contributed by atoms with E-state index in [0.29, 0.717) is 11.3 Å². The van der Waals surface area contributed by atoms with E-state index in [2.05, 4.69) is 10.4 Å². The molecule has 1 N–H and O–H groups in total. The van der Waals surface area contributed by atoms with E-state index >= 15 is 0 Å². The van der Waals surface area contributed by atoms with Gasteiger partial charge in [0.25, 0.3) is 5.91 Å². The fraction of sp³-hybridized carbons (Fsp3) is 0.167. The van der Waals surface area contributed by atoms with Crippen LogP contribution in [0.1, 0.15) is 29.4 Å². The Bertz CT molecular complexity index is 1160. The molecule has 0 spiro atoms. The first-order valence-electron chi connectivity index (χ1n) is 9.70. The molecular weight excluding hydrogens is 392 g/mol. The van der Waals surface area contributed by atoms with Gasteiger partial charge in [-0.2, -0.15) is 10.4 Å². The molecule has 2 aromatic carbocycles. The first-order valence-corrected chi connectivity index (χ1v) is 9.70. The van der Waals surface area contributed by atoms with Crippen LogP contribution in [0.15, 0.2) is 60.7 Å². The second-order valence-corrected chi connectivity index (χ2v) is 6.92. The summed E-state index contributed by atoms with van der Waals surface area (Å²) in [7, 11) is 0. The Morgan fingerprint density at radius 2 is 1.81 bits per heavy atom. The number of aryl methyl sites for hydroxylation is 1. The SMILES string of the molecule is Cc1nn(-c2ccccc2)c(C)c1/C=C/C(=O)O[C@@H](C)C(=O)Nc1ccc(C#N)cc1. The summed E-state index contributed by atoms with van der Waals surface area (Å²) in [4.78, 5) is 24.5. The van der Waals surface area contributed by atoms with E-state index in [4.69, 9.17) is 10.00 Å². The Hall–Kier alpha value is -4.18. The number of hydrogen-bond donors (Lipinski definition) is 1. The Kier molecular flexibility index (Phi) is 6.63. The normalized spacial score (nSPS) is 11.7. The minimum atomic E-state index is -0.984. The van der Waals surface area contributed by atoms with Gasteiger partial charge in [0.2, 0.25) is 0 Å². The molecule has 0 bridgehead atoms. The van der Waals surface area contributed by atoms with Crippen LogP contribution in [0.25, 0.3) is 11.8 Å². The van der Waals surface area contributed by atoms with Gasteiger partial charge in [0.15, 0.2) is 6.10 Å². The maximum Gasteiger partial charge on any atom is 0.331 e. The number of nitriles is 1. The second-order valence-electron chi connectivity index (χ2n) is 6.92. The summed E-state index contributed by atoms with van der Waals surface area (Å²) >= 11 is 0. The molecule has 7 nitrogen and oxygen atoms in total. The van der Waals surface area contributed by atoms with Crippen LogP contribution in [0.3, 0.4) is 0 Å². The highest BCUT2D eigenvalue weighted by atomic mass is 16.5. The summed E-state index contributed by atoms with van der Waals surface area (Å²) < 4.78 is 7.02. The van der Waals surface area contributed by atoms with E-state index in [0.717, 1.165) is 22.6 Å². The first kappa shape index (κ1) is 21.5. The van der Waals surface area contributed by atoms with Crippen molar-refractivity contribution >= 4 is 23.6 Å². The lowest BCUT2D eigenvalue weighted by Gasteiger charge is -2.12. The standard InChI is InChI=1S/C24H22N4O3/c1-16-22(17(2)28(27-16)21-7-5-4-6-8-21)13-14-23(29)31-18(3)24(30)26-20-11-9-19(15-25)10-12-20/h4-14,18H,1-3H3,(H,26,30)/b14-13+/t18-/m0/s1. The Morgan fingerprint density at radius 3 is 2.45 bits per heavy atom. The zero-order valence-corrected chi connectivity index (χ0v) is 17.5. The van der Waals surface area contributed by atoms with Crippen molar-refractivity contribution < 1.29 is 14.3 Å². The third-order valence-corrected chi connectivity index (χ3v) is 4.68. The number of para-hydroxylation sites is 1. The summed E-state index contributed by atoms with van der Waals surface area (Å²) in [6.45, 7) is 5.28. The van der Waals surface area contributed by atoms with Crippen molar-refractivity contribution in [3.8, 4) is 11.8 Å². The number of aromatic nitrogens is 2. The minimum Gasteiger partial charge on any atom is -0.449 e. The number of nitrogens with zero attached hydrogens (tertiary/aromatic N) is 3. The lowest BCUT2D eigenvalue weighted by Crippen LogP contribution is -2.29. The van der Waals surface area contributed by atoms with Crippen LogP contribution in [0.5, 0.6) is 0 Å². The fourth-order valence-corrected chi connectivity index (χ4v) is 3.01. The Labute approximate surface area is 180 Å². The van der Waals surface area contributed by atoms with Gasteiger partial charge in [-0.25, -0.2) is 9.48 Å². The Morgan fingerprint density at radius 1 is 1.13 bits per heavy atom. The molecule has 0 saturated carbocycles. The first-order chi connectivity index (χ1) is 14.9. The van der Waals surface area contributed by atoms with Gasteiger partial charge in [0, 0.05) is 23.0 Å². The van der Waals surface area contributed by atoms with E-state index in [9.17, 15) is 9.59 Å². The molecule has 1 aromatic heterocycles. The number of ether oxygens (including phenoxy) is 1. The number of rotatable bonds is 6. The van der Waals surface area contributed by atoms with Crippen LogP contribution in [-0.2, 0) is 14.3 Å². The number of amides is 1. The van der Waals surface area contributed by atoms with E-state index in [1.807, 2.05) is 54.9 Å². The van der Waals surface area contributed by atoms with Gasteiger partial charge in [0.05, 0.1) is 23.0 Å². The van der Waals surface area contributed by atoms with Crippen molar-refractivity contribution in [2.24, 2.45) is 0 Å². The summed E-state index contributed by atoms with van der Waals surface area (Å²) in [6.07, 6.45) is 1.95. The predicted molar refractivity (Wildman–Crippen MR) is 117 cm³/mol.